The zero-order valence-electron chi connectivity index (χ0n) is 20.9. The van der Waals surface area contributed by atoms with Crippen LogP contribution in [0.1, 0.15) is 58.3 Å². The molecule has 0 saturated carbocycles. The van der Waals surface area contributed by atoms with Gasteiger partial charge in [0.1, 0.15) is 11.5 Å². The van der Waals surface area contributed by atoms with Gasteiger partial charge in [-0.05, 0) is 74.9 Å². The third-order valence-corrected chi connectivity index (χ3v) is 6.62. The fourth-order valence-corrected chi connectivity index (χ4v) is 4.84. The first kappa shape index (κ1) is 25.5. The van der Waals surface area contributed by atoms with Crippen LogP contribution in [0, 0.1) is 13.8 Å². The van der Waals surface area contributed by atoms with Crippen LogP contribution in [0.3, 0.4) is 0 Å². The summed E-state index contributed by atoms with van der Waals surface area (Å²) >= 11 is 0. The molecular formula is C30H33NO5. The molecule has 0 aliphatic carbocycles. The van der Waals surface area contributed by atoms with Crippen LogP contribution < -0.4 is 10.1 Å². The maximum atomic E-state index is 13.9. The molecule has 1 aliphatic rings. The van der Waals surface area contributed by atoms with Gasteiger partial charge in [-0.2, -0.15) is 0 Å². The SMILES string of the molecule is Cc1cc(C)cc(C2(NC(=O)c3cc(Oc4ccccc4)ccc3CCCC(=O)O)CCOCC2)c1. The summed E-state index contributed by atoms with van der Waals surface area (Å²) in [6.45, 7) is 5.26. The third kappa shape index (κ3) is 6.32. The van der Waals surface area contributed by atoms with Crippen LogP contribution in [0.5, 0.6) is 11.5 Å². The average molecular weight is 488 g/mol. The van der Waals surface area contributed by atoms with E-state index in [2.05, 4.69) is 37.4 Å². The van der Waals surface area contributed by atoms with Gasteiger partial charge in [-0.3, -0.25) is 9.59 Å². The first-order valence-electron chi connectivity index (χ1n) is 12.4. The molecule has 4 rings (SSSR count). The quantitative estimate of drug-likeness (QED) is 0.390. The van der Waals surface area contributed by atoms with E-state index < -0.39 is 11.5 Å². The number of rotatable bonds is 9. The van der Waals surface area contributed by atoms with Crippen LogP contribution >= 0.6 is 0 Å². The van der Waals surface area contributed by atoms with Gasteiger partial charge in [-0.15, -0.1) is 0 Å². The molecule has 1 aliphatic heterocycles. The molecule has 1 amide bonds. The number of carbonyl (C=O) groups excluding carboxylic acids is 1. The topological polar surface area (TPSA) is 84.9 Å². The molecule has 3 aromatic rings. The predicted molar refractivity (Wildman–Crippen MR) is 139 cm³/mol. The molecular weight excluding hydrogens is 454 g/mol. The maximum Gasteiger partial charge on any atom is 0.303 e. The molecule has 0 radical (unpaired) electrons. The normalized spacial score (nSPS) is 14.7. The highest BCUT2D eigenvalue weighted by atomic mass is 16.5. The summed E-state index contributed by atoms with van der Waals surface area (Å²) in [5, 5.41) is 12.4. The summed E-state index contributed by atoms with van der Waals surface area (Å²) in [4.78, 5) is 24.9. The number of carboxylic acids is 1. The summed E-state index contributed by atoms with van der Waals surface area (Å²) in [7, 11) is 0. The Morgan fingerprint density at radius 3 is 2.31 bits per heavy atom. The van der Waals surface area contributed by atoms with Crippen molar-refractivity contribution >= 4 is 11.9 Å². The molecule has 0 aromatic heterocycles. The van der Waals surface area contributed by atoms with Gasteiger partial charge in [0, 0.05) is 25.2 Å². The molecule has 3 aromatic carbocycles. The van der Waals surface area contributed by atoms with Crippen molar-refractivity contribution in [2.45, 2.75) is 51.5 Å². The van der Waals surface area contributed by atoms with Crippen molar-refractivity contribution in [1.82, 2.24) is 5.32 Å². The Morgan fingerprint density at radius 2 is 1.64 bits per heavy atom. The van der Waals surface area contributed by atoms with Crippen molar-refractivity contribution in [3.05, 3.63) is 94.5 Å². The smallest absolute Gasteiger partial charge is 0.303 e. The van der Waals surface area contributed by atoms with Gasteiger partial charge in [0.25, 0.3) is 5.91 Å². The van der Waals surface area contributed by atoms with E-state index in [0.717, 1.165) is 22.3 Å². The lowest BCUT2D eigenvalue weighted by Crippen LogP contribution is -2.49. The van der Waals surface area contributed by atoms with E-state index in [9.17, 15) is 9.59 Å². The van der Waals surface area contributed by atoms with Gasteiger partial charge in [-0.25, -0.2) is 0 Å². The fourth-order valence-electron chi connectivity index (χ4n) is 4.84. The minimum atomic E-state index is -0.846. The minimum absolute atomic E-state index is 0.0488. The van der Waals surface area contributed by atoms with E-state index in [4.69, 9.17) is 14.6 Å². The Morgan fingerprint density at radius 1 is 0.944 bits per heavy atom. The van der Waals surface area contributed by atoms with Crippen molar-refractivity contribution in [3.8, 4) is 11.5 Å². The van der Waals surface area contributed by atoms with E-state index in [0.29, 0.717) is 56.0 Å². The van der Waals surface area contributed by atoms with Gasteiger partial charge in [0.05, 0.1) is 5.54 Å². The largest absolute Gasteiger partial charge is 0.481 e. The van der Waals surface area contributed by atoms with Crippen LogP contribution in [0.15, 0.2) is 66.7 Å². The van der Waals surface area contributed by atoms with Crippen LogP contribution in [0.2, 0.25) is 0 Å². The van der Waals surface area contributed by atoms with Crippen molar-refractivity contribution in [2.75, 3.05) is 13.2 Å². The van der Waals surface area contributed by atoms with E-state index in [1.165, 1.54) is 0 Å². The molecule has 0 atom stereocenters. The number of hydrogen-bond acceptors (Lipinski definition) is 4. The maximum absolute atomic E-state index is 13.9. The highest BCUT2D eigenvalue weighted by molar-refractivity contribution is 5.96. The summed E-state index contributed by atoms with van der Waals surface area (Å²) in [6.07, 6.45) is 2.34. The van der Waals surface area contributed by atoms with Crippen molar-refractivity contribution in [2.24, 2.45) is 0 Å². The van der Waals surface area contributed by atoms with Crippen molar-refractivity contribution < 1.29 is 24.2 Å². The molecule has 1 fully saturated rings. The van der Waals surface area contributed by atoms with E-state index in [-0.39, 0.29) is 12.3 Å². The second-order valence-corrected chi connectivity index (χ2v) is 9.51. The minimum Gasteiger partial charge on any atom is -0.481 e. The number of aryl methyl sites for hydroxylation is 3. The Labute approximate surface area is 212 Å². The lowest BCUT2D eigenvalue weighted by atomic mass is 9.81. The highest BCUT2D eigenvalue weighted by Crippen LogP contribution is 2.34. The van der Waals surface area contributed by atoms with Crippen LogP contribution in [0.25, 0.3) is 0 Å². The molecule has 2 N–H and O–H groups in total. The summed E-state index contributed by atoms with van der Waals surface area (Å²) in [5.41, 5.74) is 4.15. The van der Waals surface area contributed by atoms with Crippen molar-refractivity contribution in [3.63, 3.8) is 0 Å². The van der Waals surface area contributed by atoms with Crippen LogP contribution in [-0.4, -0.2) is 30.2 Å². The summed E-state index contributed by atoms with van der Waals surface area (Å²) in [6, 6.07) is 21.3. The Kier molecular flexibility index (Phi) is 8.06. The van der Waals surface area contributed by atoms with E-state index >= 15 is 0 Å². The second kappa shape index (κ2) is 11.4. The highest BCUT2D eigenvalue weighted by Gasteiger charge is 2.37. The molecule has 6 heteroatoms. The summed E-state index contributed by atoms with van der Waals surface area (Å²) in [5.74, 6) is 0.195. The molecule has 36 heavy (non-hydrogen) atoms. The number of carbonyl (C=O) groups is 2. The molecule has 0 unspecified atom stereocenters. The Balaban J connectivity index is 1.67. The summed E-state index contributed by atoms with van der Waals surface area (Å²) < 4.78 is 11.7. The molecule has 1 heterocycles. The first-order chi connectivity index (χ1) is 17.3. The number of aliphatic carboxylic acids is 1. The average Bonchev–Trinajstić information content (AvgIpc) is 2.85. The van der Waals surface area contributed by atoms with Gasteiger partial charge in [0.2, 0.25) is 0 Å². The zero-order chi connectivity index (χ0) is 25.5. The Hall–Kier alpha value is -3.64. The van der Waals surface area contributed by atoms with Crippen molar-refractivity contribution in [1.29, 1.82) is 0 Å². The lowest BCUT2D eigenvalue weighted by Gasteiger charge is -2.39. The predicted octanol–water partition coefficient (Wildman–Crippen LogP) is 5.94. The van der Waals surface area contributed by atoms with Gasteiger partial charge in [0.15, 0.2) is 0 Å². The third-order valence-electron chi connectivity index (χ3n) is 6.62. The zero-order valence-corrected chi connectivity index (χ0v) is 20.9. The Bertz CT molecular complexity index is 1200. The molecule has 0 bridgehead atoms. The first-order valence-corrected chi connectivity index (χ1v) is 12.4. The van der Waals surface area contributed by atoms with Gasteiger partial charge < -0.3 is 19.9 Å². The van der Waals surface area contributed by atoms with Crippen LogP contribution in [0.4, 0.5) is 0 Å². The lowest BCUT2D eigenvalue weighted by molar-refractivity contribution is -0.137. The van der Waals surface area contributed by atoms with Gasteiger partial charge in [-0.1, -0.05) is 53.6 Å². The molecule has 0 spiro atoms. The van der Waals surface area contributed by atoms with E-state index in [1.54, 1.807) is 6.07 Å². The number of hydrogen-bond donors (Lipinski definition) is 2. The molecule has 6 nitrogen and oxygen atoms in total. The number of ether oxygens (including phenoxy) is 2. The number of benzene rings is 3. The monoisotopic (exact) mass is 487 g/mol. The molecule has 188 valence electrons. The van der Waals surface area contributed by atoms with Gasteiger partial charge >= 0.3 is 5.97 Å². The second-order valence-electron chi connectivity index (χ2n) is 9.51. The number of nitrogens with one attached hydrogen (secondary N) is 1. The standard InChI is InChI=1S/C30H33NO5/c1-21-17-22(2)19-24(18-21)30(13-15-35-16-14-30)31-29(34)27-20-26(36-25-8-4-3-5-9-25)12-11-23(27)7-6-10-28(32)33/h3-5,8-9,11-12,17-20H,6-7,10,13-16H2,1-2H3,(H,31,34)(H,32,33). The van der Waals surface area contributed by atoms with Crippen LogP contribution in [-0.2, 0) is 21.5 Å². The number of para-hydroxylation sites is 1. The number of amides is 1. The fraction of sp³-hybridized carbons (Fsp3) is 0.333. The molecule has 1 saturated heterocycles. The van der Waals surface area contributed by atoms with E-state index in [1.807, 2.05) is 42.5 Å². The number of carboxylic acid groups (broad SMARTS) is 1.